The van der Waals surface area contributed by atoms with E-state index in [0.717, 1.165) is 44.9 Å². The van der Waals surface area contributed by atoms with Crippen LogP contribution in [0.2, 0.25) is 0 Å². The summed E-state index contributed by atoms with van der Waals surface area (Å²) in [7, 11) is 0. The maximum Gasteiger partial charge on any atom is 0.303 e. The molecule has 0 spiro atoms. The van der Waals surface area contributed by atoms with Crippen molar-refractivity contribution in [1.29, 1.82) is 0 Å². The molecule has 114 valence electrons. The summed E-state index contributed by atoms with van der Waals surface area (Å²) < 4.78 is 0. The average Bonchev–Trinajstić information content (AvgIpc) is 2.43. The van der Waals surface area contributed by atoms with Gasteiger partial charge in [0.15, 0.2) is 0 Å². The smallest absolute Gasteiger partial charge is 0.303 e. The first-order valence-corrected chi connectivity index (χ1v) is 7.94. The fourth-order valence-corrected chi connectivity index (χ4v) is 1.90. The third-order valence-electron chi connectivity index (χ3n) is 3.04. The molecule has 0 aliphatic heterocycles. The van der Waals surface area contributed by atoms with Crippen LogP contribution in [0, 0.1) is 0 Å². The van der Waals surface area contributed by atoms with Crippen molar-refractivity contribution in [3.8, 4) is 0 Å². The Morgan fingerprint density at radius 3 is 2.00 bits per heavy atom. The van der Waals surface area contributed by atoms with Gasteiger partial charge in [0.05, 0.1) is 0 Å². The van der Waals surface area contributed by atoms with Gasteiger partial charge in [-0.1, -0.05) is 62.6 Å². The molecule has 2 heteroatoms. The monoisotopic (exact) mass is 279 g/mol. The van der Waals surface area contributed by atoms with E-state index >= 15 is 0 Å². The minimum atomic E-state index is -0.675. The van der Waals surface area contributed by atoms with Gasteiger partial charge in [0.25, 0.3) is 0 Å². The number of rotatable bonds is 13. The molecule has 0 aromatic rings. The van der Waals surface area contributed by atoms with Gasteiger partial charge in [-0.05, 0) is 38.5 Å². The molecule has 20 heavy (non-hydrogen) atoms. The van der Waals surface area contributed by atoms with E-state index in [1.165, 1.54) is 12.8 Å². The van der Waals surface area contributed by atoms with E-state index in [1.807, 2.05) is 0 Å². The Morgan fingerprint density at radius 2 is 1.35 bits per heavy atom. The van der Waals surface area contributed by atoms with Crippen LogP contribution in [-0.2, 0) is 4.79 Å². The van der Waals surface area contributed by atoms with E-state index in [2.05, 4.69) is 43.4 Å². The first kappa shape index (κ1) is 18.7. The molecule has 0 aromatic carbocycles. The van der Waals surface area contributed by atoms with Gasteiger partial charge in [-0.3, -0.25) is 4.79 Å². The van der Waals surface area contributed by atoms with E-state index in [-0.39, 0.29) is 0 Å². The fourth-order valence-electron chi connectivity index (χ4n) is 1.90. The molecule has 0 aliphatic rings. The van der Waals surface area contributed by atoms with Gasteiger partial charge in [-0.2, -0.15) is 0 Å². The van der Waals surface area contributed by atoms with E-state index in [4.69, 9.17) is 5.11 Å². The number of carboxylic acids is 1. The molecular weight excluding hydrogens is 249 g/mol. The standard InChI is InChI=1S/C18H30O2/c1-2-3-4-5-6-7-8-9-10-11-12-13-14-15-16-17-18(19)20/h3-4,6-7,9-10H,2,5,8,11-17H2,1H3,(H,19,20)/b4-3-,7-6-,10-9-/i18+1. The summed E-state index contributed by atoms with van der Waals surface area (Å²) >= 11 is 0. The molecule has 0 atom stereocenters. The zero-order chi connectivity index (χ0) is 14.9. The summed E-state index contributed by atoms with van der Waals surface area (Å²) in [5.74, 6) is -0.675. The van der Waals surface area contributed by atoms with Gasteiger partial charge in [0, 0.05) is 6.42 Å². The number of hydrogen-bond donors (Lipinski definition) is 1. The summed E-state index contributed by atoms with van der Waals surface area (Å²) in [5.41, 5.74) is 0. The quantitative estimate of drug-likeness (QED) is 0.268. The van der Waals surface area contributed by atoms with Crippen LogP contribution in [0.3, 0.4) is 0 Å². The lowest BCUT2D eigenvalue weighted by Crippen LogP contribution is -1.93. The number of carboxylic acid groups (broad SMARTS) is 1. The van der Waals surface area contributed by atoms with Crippen LogP contribution in [-0.4, -0.2) is 11.1 Å². The minimum absolute atomic E-state index is 0.319. The number of unbranched alkanes of at least 4 members (excludes halogenated alkanes) is 5. The van der Waals surface area contributed by atoms with Crippen LogP contribution in [0.15, 0.2) is 36.5 Å². The highest BCUT2D eigenvalue weighted by molar-refractivity contribution is 5.66. The molecule has 0 saturated carbocycles. The highest BCUT2D eigenvalue weighted by atomic mass is 16.5. The van der Waals surface area contributed by atoms with Gasteiger partial charge in [0.1, 0.15) is 0 Å². The second kappa shape index (κ2) is 15.7. The highest BCUT2D eigenvalue weighted by Gasteiger charge is 1.95. The molecule has 0 rings (SSSR count). The Bertz CT molecular complexity index is 301. The summed E-state index contributed by atoms with van der Waals surface area (Å²) in [4.78, 5) is 10.3. The minimum Gasteiger partial charge on any atom is -0.481 e. The first-order valence-electron chi connectivity index (χ1n) is 7.94. The van der Waals surface area contributed by atoms with Crippen molar-refractivity contribution < 1.29 is 9.90 Å². The van der Waals surface area contributed by atoms with Crippen LogP contribution in [0.1, 0.15) is 71.1 Å². The summed E-state index contributed by atoms with van der Waals surface area (Å²) in [6.45, 7) is 2.15. The van der Waals surface area contributed by atoms with Gasteiger partial charge < -0.3 is 5.11 Å². The molecule has 0 aliphatic carbocycles. The Kier molecular flexibility index (Phi) is 14.7. The molecule has 2 nitrogen and oxygen atoms in total. The zero-order valence-electron chi connectivity index (χ0n) is 12.9. The van der Waals surface area contributed by atoms with Gasteiger partial charge >= 0.3 is 5.97 Å². The largest absolute Gasteiger partial charge is 0.481 e. The zero-order valence-corrected chi connectivity index (χ0v) is 12.9. The SMILES string of the molecule is CC/C=C\C/C=C\C/C=C\CCCCCCC[13C](=O)O. The average molecular weight is 279 g/mol. The van der Waals surface area contributed by atoms with E-state index in [9.17, 15) is 4.79 Å². The van der Waals surface area contributed by atoms with Crippen molar-refractivity contribution in [2.75, 3.05) is 0 Å². The molecule has 0 radical (unpaired) electrons. The normalized spacial score (nSPS) is 12.1. The Hall–Kier alpha value is -1.31. The third kappa shape index (κ3) is 16.7. The Balaban J connectivity index is 3.23. The maximum absolute atomic E-state index is 10.3. The lowest BCUT2D eigenvalue weighted by Gasteiger charge is -1.98. The molecule has 0 bridgehead atoms. The summed E-state index contributed by atoms with van der Waals surface area (Å²) in [6, 6.07) is 0. The van der Waals surface area contributed by atoms with Crippen LogP contribution in [0.5, 0.6) is 0 Å². The van der Waals surface area contributed by atoms with Crippen LogP contribution in [0.4, 0.5) is 0 Å². The molecule has 0 heterocycles. The highest BCUT2D eigenvalue weighted by Crippen LogP contribution is 2.07. The topological polar surface area (TPSA) is 37.3 Å². The Labute approximate surface area is 124 Å². The number of hydrogen-bond acceptors (Lipinski definition) is 1. The van der Waals surface area contributed by atoms with E-state index in [0.29, 0.717) is 6.42 Å². The second-order valence-corrected chi connectivity index (χ2v) is 4.99. The molecular formula is C18H30O2. The maximum atomic E-state index is 10.3. The molecule has 0 aromatic heterocycles. The lowest BCUT2D eigenvalue weighted by molar-refractivity contribution is -0.137. The van der Waals surface area contributed by atoms with Crippen molar-refractivity contribution in [3.63, 3.8) is 0 Å². The fraction of sp³-hybridized carbons (Fsp3) is 0.611. The van der Waals surface area contributed by atoms with Gasteiger partial charge in [-0.15, -0.1) is 0 Å². The van der Waals surface area contributed by atoms with Crippen LogP contribution in [0.25, 0.3) is 0 Å². The van der Waals surface area contributed by atoms with Crippen LogP contribution >= 0.6 is 0 Å². The van der Waals surface area contributed by atoms with Crippen molar-refractivity contribution >= 4 is 5.97 Å². The van der Waals surface area contributed by atoms with E-state index < -0.39 is 5.97 Å². The predicted molar refractivity (Wildman–Crippen MR) is 86.9 cm³/mol. The number of carbonyl (C=O) groups is 1. The van der Waals surface area contributed by atoms with Gasteiger partial charge in [0.2, 0.25) is 0 Å². The lowest BCUT2D eigenvalue weighted by atomic mass is 10.1. The molecule has 0 amide bonds. The molecule has 0 saturated heterocycles. The van der Waals surface area contributed by atoms with Crippen molar-refractivity contribution in [2.45, 2.75) is 71.1 Å². The second-order valence-electron chi connectivity index (χ2n) is 4.99. The molecule has 1 N–H and O–H groups in total. The molecule has 0 unspecified atom stereocenters. The summed E-state index contributed by atoms with van der Waals surface area (Å²) in [5, 5.41) is 8.50. The number of aliphatic carboxylic acids is 1. The van der Waals surface area contributed by atoms with Crippen molar-refractivity contribution in [3.05, 3.63) is 36.5 Å². The number of allylic oxidation sites excluding steroid dienone is 6. The van der Waals surface area contributed by atoms with Crippen LogP contribution < -0.4 is 0 Å². The van der Waals surface area contributed by atoms with Crippen molar-refractivity contribution in [1.82, 2.24) is 0 Å². The third-order valence-corrected chi connectivity index (χ3v) is 3.04. The van der Waals surface area contributed by atoms with Crippen molar-refractivity contribution in [2.24, 2.45) is 0 Å². The summed E-state index contributed by atoms with van der Waals surface area (Å²) in [6.07, 6.45) is 23.4. The molecule has 0 fully saturated rings. The Morgan fingerprint density at radius 1 is 0.800 bits per heavy atom. The van der Waals surface area contributed by atoms with E-state index in [1.54, 1.807) is 0 Å². The first-order chi connectivity index (χ1) is 9.77. The predicted octanol–water partition coefficient (Wildman–Crippen LogP) is 5.66. The van der Waals surface area contributed by atoms with Gasteiger partial charge in [-0.25, -0.2) is 0 Å².